The summed E-state index contributed by atoms with van der Waals surface area (Å²) in [5.74, 6) is -0.861. The summed E-state index contributed by atoms with van der Waals surface area (Å²) in [6.07, 6.45) is 5.99. The summed E-state index contributed by atoms with van der Waals surface area (Å²) in [7, 11) is -0.339. The number of hydrogen-bond acceptors (Lipinski definition) is 5. The molecule has 9 heteroatoms. The van der Waals surface area contributed by atoms with E-state index in [1.54, 1.807) is 18.5 Å². The minimum atomic E-state index is -3.40. The molecule has 0 aliphatic carbocycles. The van der Waals surface area contributed by atoms with Gasteiger partial charge in [0.2, 0.25) is 0 Å². The molecular formula is C18H22N4O4S. The lowest BCUT2D eigenvalue weighted by Gasteiger charge is -2.21. The molecule has 1 fully saturated rings. The van der Waals surface area contributed by atoms with Crippen molar-refractivity contribution in [3.05, 3.63) is 47.9 Å². The average Bonchev–Trinajstić information content (AvgIpc) is 3.11. The smallest absolute Gasteiger partial charge is 0.337 e. The summed E-state index contributed by atoms with van der Waals surface area (Å²) in [5, 5.41) is 9.18. The van der Waals surface area contributed by atoms with Crippen LogP contribution in [0.5, 0.6) is 0 Å². The first kappa shape index (κ1) is 19.4. The number of carboxylic acids is 1. The van der Waals surface area contributed by atoms with Gasteiger partial charge in [-0.15, -0.1) is 0 Å². The Morgan fingerprint density at radius 1 is 1.37 bits per heavy atom. The zero-order chi connectivity index (χ0) is 19.6. The molecule has 0 bridgehead atoms. The minimum absolute atomic E-state index is 0.105. The van der Waals surface area contributed by atoms with Gasteiger partial charge in [0, 0.05) is 51.3 Å². The van der Waals surface area contributed by atoms with Gasteiger partial charge in [-0.1, -0.05) is 6.07 Å². The number of aromatic nitrogens is 2. The first-order chi connectivity index (χ1) is 12.8. The van der Waals surface area contributed by atoms with E-state index in [0.29, 0.717) is 30.8 Å². The number of carbonyl (C=O) groups is 1. The van der Waals surface area contributed by atoms with Crippen molar-refractivity contribution in [3.63, 3.8) is 0 Å². The van der Waals surface area contributed by atoms with Gasteiger partial charge in [-0.25, -0.2) is 4.79 Å². The highest BCUT2D eigenvalue weighted by molar-refractivity contribution is 7.86. The third kappa shape index (κ3) is 4.15. The molecule has 3 rings (SSSR count). The summed E-state index contributed by atoms with van der Waals surface area (Å²) >= 11 is 0. The van der Waals surface area contributed by atoms with Gasteiger partial charge in [0.05, 0.1) is 11.3 Å². The molecule has 144 valence electrons. The topological polar surface area (TPSA) is 104 Å². The van der Waals surface area contributed by atoms with E-state index >= 15 is 0 Å². The lowest BCUT2D eigenvalue weighted by Crippen LogP contribution is -2.38. The lowest BCUT2D eigenvalue weighted by molar-refractivity contribution is 0.0696. The van der Waals surface area contributed by atoms with Gasteiger partial charge in [0.15, 0.2) is 0 Å². The summed E-state index contributed by atoms with van der Waals surface area (Å²) in [6.45, 7) is 0.957. The molecule has 1 aliphatic rings. The Labute approximate surface area is 158 Å². The highest BCUT2D eigenvalue weighted by Gasteiger charge is 2.33. The maximum atomic E-state index is 12.3. The van der Waals surface area contributed by atoms with Crippen LogP contribution in [0.25, 0.3) is 11.3 Å². The number of carboxylic acid groups (broad SMARTS) is 1. The fourth-order valence-electron chi connectivity index (χ4n) is 3.26. The maximum absolute atomic E-state index is 12.3. The molecule has 27 heavy (non-hydrogen) atoms. The zero-order valence-electron chi connectivity index (χ0n) is 15.2. The number of rotatable bonds is 6. The van der Waals surface area contributed by atoms with E-state index in [9.17, 15) is 18.3 Å². The maximum Gasteiger partial charge on any atom is 0.337 e. The molecule has 0 aromatic carbocycles. The Morgan fingerprint density at radius 2 is 2.15 bits per heavy atom. The van der Waals surface area contributed by atoms with Crippen molar-refractivity contribution >= 4 is 16.2 Å². The normalized spacial score (nSPS) is 18.1. The molecular weight excluding hydrogens is 368 g/mol. The molecule has 0 saturated carbocycles. The monoisotopic (exact) mass is 390 g/mol. The van der Waals surface area contributed by atoms with Crippen LogP contribution in [0.3, 0.4) is 0 Å². The van der Waals surface area contributed by atoms with E-state index in [4.69, 9.17) is 0 Å². The summed E-state index contributed by atoms with van der Waals surface area (Å²) in [5.41, 5.74) is 2.38. The van der Waals surface area contributed by atoms with Crippen molar-refractivity contribution in [1.82, 2.24) is 18.6 Å². The average molecular weight is 390 g/mol. The van der Waals surface area contributed by atoms with Crippen LogP contribution < -0.4 is 0 Å². The van der Waals surface area contributed by atoms with Crippen molar-refractivity contribution in [2.45, 2.75) is 12.8 Å². The van der Waals surface area contributed by atoms with Gasteiger partial charge in [-0.3, -0.25) is 9.97 Å². The summed E-state index contributed by atoms with van der Waals surface area (Å²) < 4.78 is 27.3. The Kier molecular flexibility index (Phi) is 5.54. The van der Waals surface area contributed by atoms with Crippen LogP contribution in [0.15, 0.2) is 36.8 Å². The standard InChI is InChI=1S/C18H22N4O4S/c1-21(2)27(25,26)22-7-5-13(12-22)8-14-4-3-6-20-17(14)15-9-16(18(23)24)11-19-10-15/h3-4,6,9-11,13H,5,7-8,12H2,1-2H3,(H,23,24). The van der Waals surface area contributed by atoms with Crippen LogP contribution in [0.4, 0.5) is 0 Å². The largest absolute Gasteiger partial charge is 0.478 e. The fourth-order valence-corrected chi connectivity index (χ4v) is 4.46. The quantitative estimate of drug-likeness (QED) is 0.802. The molecule has 1 aliphatic heterocycles. The lowest BCUT2D eigenvalue weighted by atomic mass is 9.95. The first-order valence-electron chi connectivity index (χ1n) is 8.59. The predicted molar refractivity (Wildman–Crippen MR) is 100 cm³/mol. The second-order valence-corrected chi connectivity index (χ2v) is 8.93. The van der Waals surface area contributed by atoms with Crippen molar-refractivity contribution in [1.29, 1.82) is 0 Å². The van der Waals surface area contributed by atoms with E-state index in [2.05, 4.69) is 9.97 Å². The highest BCUT2D eigenvalue weighted by atomic mass is 32.2. The van der Waals surface area contributed by atoms with Crippen molar-refractivity contribution in [2.75, 3.05) is 27.2 Å². The number of pyridine rings is 2. The number of nitrogens with zero attached hydrogens (tertiary/aromatic N) is 4. The van der Waals surface area contributed by atoms with Crippen molar-refractivity contribution in [3.8, 4) is 11.3 Å². The molecule has 0 amide bonds. The van der Waals surface area contributed by atoms with Gasteiger partial charge in [-0.2, -0.15) is 17.0 Å². The molecule has 1 N–H and O–H groups in total. The van der Waals surface area contributed by atoms with Crippen LogP contribution in [-0.4, -0.2) is 65.3 Å². The second-order valence-electron chi connectivity index (χ2n) is 6.79. The second kappa shape index (κ2) is 7.71. The Morgan fingerprint density at radius 3 is 2.85 bits per heavy atom. The van der Waals surface area contributed by atoms with Gasteiger partial charge < -0.3 is 5.11 Å². The molecule has 0 spiro atoms. The molecule has 1 atom stereocenters. The van der Waals surface area contributed by atoms with E-state index in [1.165, 1.54) is 28.9 Å². The van der Waals surface area contributed by atoms with Gasteiger partial charge in [0.1, 0.15) is 0 Å². The first-order valence-corrected chi connectivity index (χ1v) is 9.99. The molecule has 2 aromatic rings. The van der Waals surface area contributed by atoms with Crippen LogP contribution in [0.1, 0.15) is 22.3 Å². The third-order valence-electron chi connectivity index (χ3n) is 4.69. The molecule has 8 nitrogen and oxygen atoms in total. The van der Waals surface area contributed by atoms with Gasteiger partial charge in [-0.05, 0) is 36.5 Å². The van der Waals surface area contributed by atoms with Crippen LogP contribution in [0.2, 0.25) is 0 Å². The van der Waals surface area contributed by atoms with E-state index in [-0.39, 0.29) is 11.5 Å². The molecule has 1 saturated heterocycles. The van der Waals surface area contributed by atoms with Crippen molar-refractivity contribution in [2.24, 2.45) is 5.92 Å². The molecule has 3 heterocycles. The predicted octanol–water partition coefficient (Wildman–Crippen LogP) is 1.51. The van der Waals surface area contributed by atoms with Gasteiger partial charge >= 0.3 is 5.97 Å². The molecule has 0 radical (unpaired) electrons. The third-order valence-corrected chi connectivity index (χ3v) is 6.60. The van der Waals surface area contributed by atoms with Crippen LogP contribution in [-0.2, 0) is 16.6 Å². The number of aromatic carboxylic acids is 1. The highest BCUT2D eigenvalue weighted by Crippen LogP contribution is 2.28. The Bertz CT molecular complexity index is 946. The molecule has 1 unspecified atom stereocenters. The SMILES string of the molecule is CN(C)S(=O)(=O)N1CCC(Cc2cccnc2-c2cncc(C(=O)O)c2)C1. The van der Waals surface area contributed by atoms with Crippen molar-refractivity contribution < 1.29 is 18.3 Å². The van der Waals surface area contributed by atoms with Crippen LogP contribution in [0, 0.1) is 5.92 Å². The number of hydrogen-bond donors (Lipinski definition) is 1. The minimum Gasteiger partial charge on any atom is -0.478 e. The van der Waals surface area contributed by atoms with E-state index in [1.807, 2.05) is 12.1 Å². The Hall–Kier alpha value is -2.36. The van der Waals surface area contributed by atoms with E-state index < -0.39 is 16.2 Å². The molecule has 2 aromatic heterocycles. The summed E-state index contributed by atoms with van der Waals surface area (Å²) in [4.78, 5) is 19.6. The zero-order valence-corrected chi connectivity index (χ0v) is 16.1. The van der Waals surface area contributed by atoms with Crippen LogP contribution >= 0.6 is 0 Å². The fraction of sp³-hybridized carbons (Fsp3) is 0.389. The van der Waals surface area contributed by atoms with Gasteiger partial charge in [0.25, 0.3) is 10.2 Å². The van der Waals surface area contributed by atoms with E-state index in [0.717, 1.165) is 12.0 Å². The summed E-state index contributed by atoms with van der Waals surface area (Å²) in [6, 6.07) is 5.33. The Balaban J connectivity index is 1.82.